The highest BCUT2D eigenvalue weighted by Crippen LogP contribution is 2.28. The van der Waals surface area contributed by atoms with Gasteiger partial charge in [0.15, 0.2) is 0 Å². The van der Waals surface area contributed by atoms with Crippen LogP contribution in [0, 0.1) is 11.8 Å². The molecule has 2 aliphatic carbocycles. The minimum atomic E-state index is -3.46. The Morgan fingerprint density at radius 2 is 1.26 bits per heavy atom. The van der Waals surface area contributed by atoms with Gasteiger partial charge in [-0.3, -0.25) is 0 Å². The first kappa shape index (κ1) is 14.2. The topological polar surface area (TPSA) is 86.2 Å². The molecule has 0 fully saturated rings. The molecule has 4 N–H and O–H groups in total. The van der Waals surface area contributed by atoms with E-state index >= 15 is 0 Å². The van der Waals surface area contributed by atoms with E-state index in [-0.39, 0.29) is 23.9 Å². The Balaban J connectivity index is 2.35. The number of nitrogens with two attached hydrogens (primary N) is 2. The standard InChI is InChI=1S/C14H20N2O2S/c1-9-7-11(3-5-13(9)15)19(17,18)12-4-6-14(16)10(2)8-12/h3-10,13-14H,15-16H2,1-2H3. The number of sulfone groups is 1. The molecule has 2 aliphatic rings. The van der Waals surface area contributed by atoms with Crippen molar-refractivity contribution in [2.75, 3.05) is 0 Å². The first-order valence-corrected chi connectivity index (χ1v) is 7.87. The van der Waals surface area contributed by atoms with E-state index in [1.54, 1.807) is 36.5 Å². The monoisotopic (exact) mass is 280 g/mol. The summed E-state index contributed by atoms with van der Waals surface area (Å²) >= 11 is 0. The van der Waals surface area contributed by atoms with Gasteiger partial charge in [0, 0.05) is 12.1 Å². The van der Waals surface area contributed by atoms with E-state index in [9.17, 15) is 8.42 Å². The van der Waals surface area contributed by atoms with Crippen LogP contribution >= 0.6 is 0 Å². The molecule has 0 spiro atoms. The Morgan fingerprint density at radius 1 is 0.895 bits per heavy atom. The quantitative estimate of drug-likeness (QED) is 0.796. The minimum absolute atomic E-state index is 0.0163. The van der Waals surface area contributed by atoms with Crippen LogP contribution in [0.2, 0.25) is 0 Å². The lowest BCUT2D eigenvalue weighted by Crippen LogP contribution is -2.29. The molecule has 4 atom stereocenters. The van der Waals surface area contributed by atoms with Crippen LogP contribution in [0.25, 0.3) is 0 Å². The van der Waals surface area contributed by atoms with E-state index in [2.05, 4.69) is 0 Å². The second-order valence-electron chi connectivity index (χ2n) is 5.23. The van der Waals surface area contributed by atoms with Gasteiger partial charge in [0.2, 0.25) is 9.84 Å². The highest BCUT2D eigenvalue weighted by Gasteiger charge is 2.27. The van der Waals surface area contributed by atoms with Crippen LogP contribution in [0.15, 0.2) is 46.3 Å². The Hall–Kier alpha value is -1.17. The predicted molar refractivity (Wildman–Crippen MR) is 77.6 cm³/mol. The van der Waals surface area contributed by atoms with E-state index < -0.39 is 9.84 Å². The van der Waals surface area contributed by atoms with Crippen molar-refractivity contribution < 1.29 is 8.42 Å². The number of rotatable bonds is 2. The molecule has 0 saturated carbocycles. The summed E-state index contributed by atoms with van der Waals surface area (Å²) in [5, 5.41) is 0. The zero-order chi connectivity index (χ0) is 14.2. The molecule has 0 amide bonds. The second kappa shape index (κ2) is 5.07. The molecular formula is C14H20N2O2S. The van der Waals surface area contributed by atoms with E-state index in [1.807, 2.05) is 13.8 Å². The average Bonchev–Trinajstić information content (AvgIpc) is 2.35. The van der Waals surface area contributed by atoms with Crippen molar-refractivity contribution in [1.29, 1.82) is 0 Å². The van der Waals surface area contributed by atoms with Crippen molar-refractivity contribution in [3.63, 3.8) is 0 Å². The van der Waals surface area contributed by atoms with Gasteiger partial charge in [0.05, 0.1) is 9.81 Å². The smallest absolute Gasteiger partial charge is 0.205 e. The Morgan fingerprint density at radius 3 is 1.58 bits per heavy atom. The molecule has 4 nitrogen and oxygen atoms in total. The fourth-order valence-electron chi connectivity index (χ4n) is 2.11. The van der Waals surface area contributed by atoms with Gasteiger partial charge in [0.1, 0.15) is 0 Å². The molecule has 0 aromatic carbocycles. The summed E-state index contributed by atoms with van der Waals surface area (Å²) in [6.45, 7) is 3.82. The van der Waals surface area contributed by atoms with E-state index in [1.165, 1.54) is 0 Å². The van der Waals surface area contributed by atoms with Crippen molar-refractivity contribution in [3.05, 3.63) is 46.3 Å². The summed E-state index contributed by atoms with van der Waals surface area (Å²) in [4.78, 5) is 0.639. The van der Waals surface area contributed by atoms with Gasteiger partial charge in [-0.05, 0) is 24.0 Å². The van der Waals surface area contributed by atoms with Crippen LogP contribution < -0.4 is 11.5 Å². The van der Waals surface area contributed by atoms with E-state index in [0.29, 0.717) is 9.81 Å². The Kier molecular flexibility index (Phi) is 3.80. The van der Waals surface area contributed by atoms with Crippen molar-refractivity contribution >= 4 is 9.84 Å². The molecule has 0 aliphatic heterocycles. The summed E-state index contributed by atoms with van der Waals surface area (Å²) in [7, 11) is -3.46. The molecule has 5 heteroatoms. The van der Waals surface area contributed by atoms with Crippen LogP contribution in [0.4, 0.5) is 0 Å². The van der Waals surface area contributed by atoms with Gasteiger partial charge in [-0.25, -0.2) is 8.42 Å². The molecule has 104 valence electrons. The van der Waals surface area contributed by atoms with Gasteiger partial charge in [-0.1, -0.05) is 38.2 Å². The summed E-state index contributed by atoms with van der Waals surface area (Å²) in [5.74, 6) is 0.0326. The molecule has 19 heavy (non-hydrogen) atoms. The van der Waals surface area contributed by atoms with Crippen LogP contribution in [-0.2, 0) is 9.84 Å². The summed E-state index contributed by atoms with van der Waals surface area (Å²) in [5.41, 5.74) is 11.7. The highest BCUT2D eigenvalue weighted by atomic mass is 32.2. The number of hydrogen-bond donors (Lipinski definition) is 2. The maximum atomic E-state index is 12.5. The van der Waals surface area contributed by atoms with E-state index in [4.69, 9.17) is 11.5 Å². The second-order valence-corrected chi connectivity index (χ2v) is 7.18. The van der Waals surface area contributed by atoms with Gasteiger partial charge in [-0.15, -0.1) is 0 Å². The van der Waals surface area contributed by atoms with Crippen LogP contribution in [0.3, 0.4) is 0 Å². The van der Waals surface area contributed by atoms with Crippen molar-refractivity contribution in [1.82, 2.24) is 0 Å². The molecule has 0 radical (unpaired) electrons. The van der Waals surface area contributed by atoms with Gasteiger partial charge >= 0.3 is 0 Å². The van der Waals surface area contributed by atoms with Gasteiger partial charge in [0.25, 0.3) is 0 Å². The number of hydrogen-bond acceptors (Lipinski definition) is 4. The maximum Gasteiger partial charge on any atom is 0.205 e. The first-order chi connectivity index (χ1) is 8.82. The molecule has 0 bridgehead atoms. The molecule has 0 aromatic heterocycles. The van der Waals surface area contributed by atoms with Crippen LogP contribution in [-0.4, -0.2) is 20.5 Å². The fourth-order valence-corrected chi connectivity index (χ4v) is 3.68. The molecule has 0 heterocycles. The Labute approximate surface area is 114 Å². The Bertz CT molecular complexity index is 539. The normalized spacial score (nSPS) is 34.9. The SMILES string of the molecule is CC1C=C(S(=O)(=O)C2=CC(C)C(N)C=C2)C=CC1N. The molecule has 0 saturated heterocycles. The predicted octanol–water partition coefficient (Wildman–Crippen LogP) is 1.24. The first-order valence-electron chi connectivity index (χ1n) is 6.38. The largest absolute Gasteiger partial charge is 0.324 e. The highest BCUT2D eigenvalue weighted by molar-refractivity contribution is 7.99. The van der Waals surface area contributed by atoms with Crippen molar-refractivity contribution in [3.8, 4) is 0 Å². The lowest BCUT2D eigenvalue weighted by molar-refractivity contribution is 0.596. The van der Waals surface area contributed by atoms with Gasteiger partial charge in [-0.2, -0.15) is 0 Å². The third-order valence-electron chi connectivity index (χ3n) is 3.65. The molecule has 4 unspecified atom stereocenters. The van der Waals surface area contributed by atoms with Crippen LogP contribution in [0.1, 0.15) is 13.8 Å². The fraction of sp³-hybridized carbons (Fsp3) is 0.429. The average molecular weight is 280 g/mol. The molecular weight excluding hydrogens is 260 g/mol. The van der Waals surface area contributed by atoms with Crippen LogP contribution in [0.5, 0.6) is 0 Å². The van der Waals surface area contributed by atoms with E-state index in [0.717, 1.165) is 0 Å². The molecule has 2 rings (SSSR count). The maximum absolute atomic E-state index is 12.5. The zero-order valence-corrected chi connectivity index (χ0v) is 12.0. The summed E-state index contributed by atoms with van der Waals surface area (Å²) in [6, 6.07) is -0.246. The van der Waals surface area contributed by atoms with Crippen molar-refractivity contribution in [2.24, 2.45) is 23.3 Å². The third kappa shape index (κ3) is 2.73. The number of allylic oxidation sites excluding steroid dienone is 2. The van der Waals surface area contributed by atoms with Crippen molar-refractivity contribution in [2.45, 2.75) is 25.9 Å². The lowest BCUT2D eigenvalue weighted by atomic mass is 9.98. The van der Waals surface area contributed by atoms with Gasteiger partial charge < -0.3 is 11.5 Å². The summed E-state index contributed by atoms with van der Waals surface area (Å²) in [6.07, 6.45) is 10.1. The lowest BCUT2D eigenvalue weighted by Gasteiger charge is -2.22. The summed E-state index contributed by atoms with van der Waals surface area (Å²) < 4.78 is 25.0. The minimum Gasteiger partial charge on any atom is -0.324 e. The third-order valence-corrected chi connectivity index (χ3v) is 5.44. The molecule has 0 aromatic rings. The zero-order valence-electron chi connectivity index (χ0n) is 11.2.